The summed E-state index contributed by atoms with van der Waals surface area (Å²) in [5, 5.41) is 32.2. The van der Waals surface area contributed by atoms with Gasteiger partial charge < -0.3 is 20.4 Å². The lowest BCUT2D eigenvalue weighted by atomic mass is 10.1. The van der Waals surface area contributed by atoms with Crippen molar-refractivity contribution >= 4 is 11.9 Å². The number of hydrogen-bond donors (Lipinski definition) is 4. The van der Waals surface area contributed by atoms with E-state index >= 15 is 0 Å². The molecule has 1 rings (SSSR count). The molecule has 0 aliphatic carbocycles. The number of carboxylic acid groups (broad SMARTS) is 2. The van der Waals surface area contributed by atoms with Crippen molar-refractivity contribution < 1.29 is 30.0 Å². The van der Waals surface area contributed by atoms with E-state index in [1.54, 1.807) is 6.08 Å². The Labute approximate surface area is 137 Å². The van der Waals surface area contributed by atoms with Crippen molar-refractivity contribution in [3.63, 3.8) is 0 Å². The van der Waals surface area contributed by atoms with Gasteiger partial charge in [0.25, 0.3) is 0 Å². The fourth-order valence-electron chi connectivity index (χ4n) is 0.755. The van der Waals surface area contributed by atoms with Gasteiger partial charge in [-0.2, -0.15) is 0 Å². The summed E-state index contributed by atoms with van der Waals surface area (Å²) in [4.78, 5) is 20.7. The molecule has 1 aromatic carbocycles. The lowest BCUT2D eigenvalue weighted by Crippen LogP contribution is -1.99. The molecule has 0 atom stereocenters. The van der Waals surface area contributed by atoms with E-state index in [1.807, 2.05) is 13.0 Å². The summed E-state index contributed by atoms with van der Waals surface area (Å²) in [6.45, 7) is 10.5. The summed E-state index contributed by atoms with van der Waals surface area (Å²) in [6, 6.07) is 5.02. The van der Waals surface area contributed by atoms with Gasteiger partial charge in [0.05, 0.1) is 24.3 Å². The maximum atomic E-state index is 10.3. The van der Waals surface area contributed by atoms with Crippen molar-refractivity contribution in [1.82, 2.24) is 0 Å². The summed E-state index contributed by atoms with van der Waals surface area (Å²) in [5.41, 5.74) is 0.167. The first kappa shape index (κ1) is 25.5. The smallest absolute Gasteiger partial charge is 0.335 e. The van der Waals surface area contributed by atoms with Gasteiger partial charge in [0.15, 0.2) is 0 Å². The molecule has 4 N–H and O–H groups in total. The molecule has 0 amide bonds. The van der Waals surface area contributed by atoms with Crippen LogP contribution in [0.1, 0.15) is 41.0 Å². The van der Waals surface area contributed by atoms with Crippen LogP contribution in [0.15, 0.2) is 49.6 Å². The minimum Gasteiger partial charge on any atom is -0.478 e. The molecule has 0 unspecified atom stereocenters. The highest BCUT2D eigenvalue weighted by molar-refractivity contribution is 5.91. The minimum atomic E-state index is -1.06. The van der Waals surface area contributed by atoms with Gasteiger partial charge in [0.2, 0.25) is 0 Å². The molecule has 0 saturated carbocycles. The first-order valence-corrected chi connectivity index (χ1v) is 6.82. The Morgan fingerprint density at radius 1 is 0.957 bits per heavy atom. The standard InChI is InChI=1S/C8H6O4.C4H8.C3H6.C2H6O2/c9-7(10)5-1-2-6(4-3-5)8(11)12;1-3-4-2;1-3-2;3-1-2-4/h1-4H,(H,9,10)(H,11,12);3H,1,4H2,2H3;3H,1H2,2H3;3-4H,1-2H2. The minimum absolute atomic E-state index is 0.0833. The molecule has 0 bridgehead atoms. The van der Waals surface area contributed by atoms with Gasteiger partial charge in [-0.15, -0.1) is 13.2 Å². The summed E-state index contributed by atoms with van der Waals surface area (Å²) in [6.07, 6.45) is 4.71. The van der Waals surface area contributed by atoms with Crippen LogP contribution in [0.4, 0.5) is 0 Å². The molecule has 1 aromatic rings. The fraction of sp³-hybridized carbons (Fsp3) is 0.294. The van der Waals surface area contributed by atoms with Gasteiger partial charge in [-0.25, -0.2) is 9.59 Å². The average Bonchev–Trinajstić information content (AvgIpc) is 2.56. The Morgan fingerprint density at radius 2 is 1.17 bits per heavy atom. The predicted octanol–water partition coefficient (Wildman–Crippen LogP) is 2.83. The van der Waals surface area contributed by atoms with Crippen molar-refractivity contribution in [2.75, 3.05) is 13.2 Å². The van der Waals surface area contributed by atoms with Crippen LogP contribution in [-0.2, 0) is 0 Å². The number of aliphatic hydroxyl groups is 2. The van der Waals surface area contributed by atoms with E-state index in [4.69, 9.17) is 20.4 Å². The van der Waals surface area contributed by atoms with E-state index in [9.17, 15) is 9.59 Å². The molecule has 0 aliphatic heterocycles. The van der Waals surface area contributed by atoms with E-state index in [2.05, 4.69) is 20.1 Å². The van der Waals surface area contributed by atoms with Crippen LogP contribution in [0.25, 0.3) is 0 Å². The second kappa shape index (κ2) is 19.6. The molecule has 0 fully saturated rings. The monoisotopic (exact) mass is 326 g/mol. The van der Waals surface area contributed by atoms with Crippen molar-refractivity contribution in [3.05, 3.63) is 60.7 Å². The summed E-state index contributed by atoms with van der Waals surface area (Å²) < 4.78 is 0. The lowest BCUT2D eigenvalue weighted by Gasteiger charge is -1.94. The molecule has 0 aliphatic rings. The molecular formula is C17H26O6. The third-order valence-electron chi connectivity index (χ3n) is 1.77. The molecule has 6 nitrogen and oxygen atoms in total. The third kappa shape index (κ3) is 19.6. The van der Waals surface area contributed by atoms with Crippen molar-refractivity contribution in [1.29, 1.82) is 0 Å². The zero-order chi connectivity index (χ0) is 18.7. The topological polar surface area (TPSA) is 115 Å². The van der Waals surface area contributed by atoms with Gasteiger partial charge in [0, 0.05) is 0 Å². The van der Waals surface area contributed by atoms with Crippen molar-refractivity contribution in [2.24, 2.45) is 0 Å². The van der Waals surface area contributed by atoms with Crippen LogP contribution in [0.5, 0.6) is 0 Å². The van der Waals surface area contributed by atoms with Gasteiger partial charge >= 0.3 is 11.9 Å². The van der Waals surface area contributed by atoms with Gasteiger partial charge in [0.1, 0.15) is 0 Å². The van der Waals surface area contributed by atoms with Crippen LogP contribution < -0.4 is 0 Å². The first-order chi connectivity index (χ1) is 10.9. The molecule has 130 valence electrons. The number of aromatic carboxylic acids is 2. The molecule has 0 aromatic heterocycles. The first-order valence-electron chi connectivity index (χ1n) is 6.82. The maximum Gasteiger partial charge on any atom is 0.335 e. The number of carboxylic acids is 2. The third-order valence-corrected chi connectivity index (χ3v) is 1.77. The van der Waals surface area contributed by atoms with Gasteiger partial charge in [-0.1, -0.05) is 19.1 Å². The zero-order valence-corrected chi connectivity index (χ0v) is 13.6. The maximum absolute atomic E-state index is 10.3. The van der Waals surface area contributed by atoms with Gasteiger partial charge in [-0.05, 0) is 37.6 Å². The van der Waals surface area contributed by atoms with Crippen molar-refractivity contribution in [2.45, 2.75) is 20.3 Å². The summed E-state index contributed by atoms with van der Waals surface area (Å²) in [7, 11) is 0. The Bertz CT molecular complexity index is 402. The number of rotatable bonds is 4. The number of allylic oxidation sites excluding steroid dienone is 2. The lowest BCUT2D eigenvalue weighted by molar-refractivity contribution is 0.0681. The van der Waals surface area contributed by atoms with E-state index in [0.29, 0.717) is 0 Å². The van der Waals surface area contributed by atoms with Crippen molar-refractivity contribution in [3.8, 4) is 0 Å². The van der Waals surface area contributed by atoms with E-state index in [-0.39, 0.29) is 24.3 Å². The van der Waals surface area contributed by atoms with Crippen LogP contribution in [-0.4, -0.2) is 45.6 Å². The average molecular weight is 326 g/mol. The Hall–Kier alpha value is -2.44. The SMILES string of the molecule is C=CC.C=CCC.O=C(O)c1ccc(C(=O)O)cc1.OCCO. The summed E-state index contributed by atoms with van der Waals surface area (Å²) >= 11 is 0. The number of carbonyl (C=O) groups is 2. The summed E-state index contributed by atoms with van der Waals surface area (Å²) in [5.74, 6) is -2.13. The molecule has 0 spiro atoms. The Balaban J connectivity index is -0.000000301. The fourth-order valence-corrected chi connectivity index (χ4v) is 0.755. The van der Waals surface area contributed by atoms with E-state index < -0.39 is 11.9 Å². The molecule has 0 heterocycles. The van der Waals surface area contributed by atoms with Gasteiger partial charge in [-0.3, -0.25) is 0 Å². The van der Waals surface area contributed by atoms with Crippen LogP contribution in [0.2, 0.25) is 0 Å². The van der Waals surface area contributed by atoms with Crippen LogP contribution >= 0.6 is 0 Å². The molecule has 6 heteroatoms. The second-order valence-corrected chi connectivity index (χ2v) is 3.74. The zero-order valence-electron chi connectivity index (χ0n) is 13.6. The van der Waals surface area contributed by atoms with Crippen LogP contribution in [0.3, 0.4) is 0 Å². The Morgan fingerprint density at radius 3 is 1.26 bits per heavy atom. The van der Waals surface area contributed by atoms with E-state index in [1.165, 1.54) is 24.3 Å². The number of aliphatic hydroxyl groups excluding tert-OH is 2. The largest absolute Gasteiger partial charge is 0.478 e. The molecule has 23 heavy (non-hydrogen) atoms. The highest BCUT2D eigenvalue weighted by Gasteiger charge is 2.04. The highest BCUT2D eigenvalue weighted by atomic mass is 16.4. The highest BCUT2D eigenvalue weighted by Crippen LogP contribution is 2.03. The Kier molecular flexibility index (Phi) is 21.7. The number of benzene rings is 1. The van der Waals surface area contributed by atoms with Crippen LogP contribution in [0, 0.1) is 0 Å². The molecule has 0 radical (unpaired) electrons. The normalized spacial score (nSPS) is 7.83. The quantitative estimate of drug-likeness (QED) is 0.632. The second-order valence-electron chi connectivity index (χ2n) is 3.74. The van der Waals surface area contributed by atoms with E-state index in [0.717, 1.165) is 6.42 Å². The molecule has 0 saturated heterocycles. The number of hydrogen-bond acceptors (Lipinski definition) is 4. The molecular weight excluding hydrogens is 300 g/mol. The predicted molar refractivity (Wildman–Crippen MR) is 90.9 cm³/mol.